The van der Waals surface area contributed by atoms with Gasteiger partial charge in [-0.05, 0) is 32.4 Å². The SMILES string of the molecule is CCc1noc(C)c1C(=O)Nc1nc(-c2cccc(Cl)c2)c(C)s1. The summed E-state index contributed by atoms with van der Waals surface area (Å²) in [4.78, 5) is 18.1. The summed E-state index contributed by atoms with van der Waals surface area (Å²) >= 11 is 7.47. The normalized spacial score (nSPS) is 10.8. The Kier molecular flexibility index (Phi) is 4.69. The highest BCUT2D eigenvalue weighted by molar-refractivity contribution is 7.16. The fourth-order valence-corrected chi connectivity index (χ4v) is 3.48. The average molecular weight is 362 g/mol. The number of amides is 1. The zero-order chi connectivity index (χ0) is 17.3. The number of halogens is 1. The number of hydrogen-bond donors (Lipinski definition) is 1. The monoisotopic (exact) mass is 361 g/mol. The molecule has 0 aliphatic carbocycles. The van der Waals surface area contributed by atoms with E-state index in [4.69, 9.17) is 16.1 Å². The van der Waals surface area contributed by atoms with Crippen LogP contribution in [0.5, 0.6) is 0 Å². The number of rotatable bonds is 4. The molecule has 2 aromatic heterocycles. The largest absolute Gasteiger partial charge is 0.361 e. The van der Waals surface area contributed by atoms with Crippen LogP contribution in [0.25, 0.3) is 11.3 Å². The number of carbonyl (C=O) groups is 1. The summed E-state index contributed by atoms with van der Waals surface area (Å²) in [6.07, 6.45) is 0.630. The number of aromatic nitrogens is 2. The van der Waals surface area contributed by atoms with Crippen LogP contribution in [-0.2, 0) is 6.42 Å². The van der Waals surface area contributed by atoms with Gasteiger partial charge in [0.15, 0.2) is 5.13 Å². The van der Waals surface area contributed by atoms with Crippen molar-refractivity contribution in [1.29, 1.82) is 0 Å². The number of nitrogens with one attached hydrogen (secondary N) is 1. The highest BCUT2D eigenvalue weighted by Gasteiger charge is 2.21. The molecular formula is C17H16ClN3O2S. The van der Waals surface area contributed by atoms with E-state index in [1.807, 2.05) is 38.1 Å². The van der Waals surface area contributed by atoms with Crippen LogP contribution < -0.4 is 5.32 Å². The van der Waals surface area contributed by atoms with Gasteiger partial charge < -0.3 is 4.52 Å². The molecule has 7 heteroatoms. The van der Waals surface area contributed by atoms with E-state index in [1.165, 1.54) is 11.3 Å². The maximum absolute atomic E-state index is 12.5. The number of thiazole rings is 1. The van der Waals surface area contributed by atoms with Crippen LogP contribution in [0.15, 0.2) is 28.8 Å². The lowest BCUT2D eigenvalue weighted by atomic mass is 10.1. The molecule has 1 amide bonds. The van der Waals surface area contributed by atoms with Crippen LogP contribution in [-0.4, -0.2) is 16.0 Å². The summed E-state index contributed by atoms with van der Waals surface area (Å²) in [6.45, 7) is 5.62. The van der Waals surface area contributed by atoms with E-state index in [-0.39, 0.29) is 5.91 Å². The third-order valence-electron chi connectivity index (χ3n) is 3.61. The van der Waals surface area contributed by atoms with Gasteiger partial charge >= 0.3 is 0 Å². The summed E-state index contributed by atoms with van der Waals surface area (Å²) < 4.78 is 5.11. The molecule has 0 aliphatic rings. The number of hydrogen-bond acceptors (Lipinski definition) is 5. The number of nitrogens with zero attached hydrogens (tertiary/aromatic N) is 2. The first-order valence-corrected chi connectivity index (χ1v) is 8.69. The fourth-order valence-electron chi connectivity index (χ4n) is 2.46. The van der Waals surface area contributed by atoms with Crippen LogP contribution in [0.1, 0.15) is 33.6 Å². The van der Waals surface area contributed by atoms with Crippen molar-refractivity contribution in [2.45, 2.75) is 27.2 Å². The Balaban J connectivity index is 1.88. The van der Waals surface area contributed by atoms with Gasteiger partial charge in [-0.15, -0.1) is 11.3 Å². The van der Waals surface area contributed by atoms with Gasteiger partial charge in [0.1, 0.15) is 11.3 Å². The van der Waals surface area contributed by atoms with E-state index < -0.39 is 0 Å². The molecule has 0 aliphatic heterocycles. The highest BCUT2D eigenvalue weighted by Crippen LogP contribution is 2.32. The molecule has 1 aromatic carbocycles. The van der Waals surface area contributed by atoms with Crippen molar-refractivity contribution >= 4 is 34.0 Å². The van der Waals surface area contributed by atoms with Crippen molar-refractivity contribution in [2.24, 2.45) is 0 Å². The minimum Gasteiger partial charge on any atom is -0.361 e. The number of benzene rings is 1. The molecule has 0 radical (unpaired) electrons. The van der Waals surface area contributed by atoms with Crippen molar-refractivity contribution in [3.05, 3.63) is 51.2 Å². The minimum atomic E-state index is -0.253. The second-order valence-electron chi connectivity index (χ2n) is 5.30. The lowest BCUT2D eigenvalue weighted by molar-refractivity contribution is 0.102. The molecule has 5 nitrogen and oxygen atoms in total. The number of aryl methyl sites for hydroxylation is 3. The van der Waals surface area contributed by atoms with Gasteiger partial charge in [-0.2, -0.15) is 0 Å². The number of carbonyl (C=O) groups excluding carboxylic acids is 1. The summed E-state index contributed by atoms with van der Waals surface area (Å²) in [7, 11) is 0. The first-order chi connectivity index (χ1) is 11.5. The first kappa shape index (κ1) is 16.7. The second-order valence-corrected chi connectivity index (χ2v) is 6.94. The highest BCUT2D eigenvalue weighted by atomic mass is 35.5. The Morgan fingerprint density at radius 3 is 2.88 bits per heavy atom. The molecule has 0 fully saturated rings. The van der Waals surface area contributed by atoms with E-state index in [0.29, 0.717) is 33.6 Å². The van der Waals surface area contributed by atoms with E-state index in [1.54, 1.807) is 6.92 Å². The molecule has 2 heterocycles. The summed E-state index contributed by atoms with van der Waals surface area (Å²) in [6, 6.07) is 7.49. The smallest absolute Gasteiger partial charge is 0.262 e. The van der Waals surface area contributed by atoms with Crippen LogP contribution >= 0.6 is 22.9 Å². The topological polar surface area (TPSA) is 68.0 Å². The van der Waals surface area contributed by atoms with Crippen LogP contribution in [0, 0.1) is 13.8 Å². The maximum Gasteiger partial charge on any atom is 0.262 e. The van der Waals surface area contributed by atoms with Gasteiger partial charge in [0, 0.05) is 15.5 Å². The molecule has 3 aromatic rings. The lowest BCUT2D eigenvalue weighted by Crippen LogP contribution is -2.14. The molecule has 0 saturated carbocycles. The molecule has 3 rings (SSSR count). The van der Waals surface area contributed by atoms with E-state index >= 15 is 0 Å². The van der Waals surface area contributed by atoms with Gasteiger partial charge in [-0.1, -0.05) is 35.8 Å². The number of anilines is 1. The Bertz CT molecular complexity index is 901. The van der Waals surface area contributed by atoms with Gasteiger partial charge in [-0.3, -0.25) is 10.1 Å². The summed E-state index contributed by atoms with van der Waals surface area (Å²) in [5.74, 6) is 0.254. The van der Waals surface area contributed by atoms with Crippen molar-refractivity contribution in [1.82, 2.24) is 10.1 Å². The average Bonchev–Trinajstić information content (AvgIpc) is 3.09. The van der Waals surface area contributed by atoms with Gasteiger partial charge in [0.2, 0.25) is 0 Å². The molecule has 24 heavy (non-hydrogen) atoms. The zero-order valence-electron chi connectivity index (χ0n) is 13.5. The molecule has 0 saturated heterocycles. The summed E-state index contributed by atoms with van der Waals surface area (Å²) in [5.41, 5.74) is 2.87. The quantitative estimate of drug-likeness (QED) is 0.718. The Hall–Kier alpha value is -2.18. The molecular weight excluding hydrogens is 346 g/mol. The predicted molar refractivity (Wildman–Crippen MR) is 95.9 cm³/mol. The Morgan fingerprint density at radius 1 is 1.38 bits per heavy atom. The first-order valence-electron chi connectivity index (χ1n) is 7.49. The van der Waals surface area contributed by atoms with Gasteiger partial charge in [-0.25, -0.2) is 4.98 Å². The van der Waals surface area contributed by atoms with E-state index in [0.717, 1.165) is 16.1 Å². The van der Waals surface area contributed by atoms with Gasteiger partial charge in [0.05, 0.1) is 11.4 Å². The standard InChI is InChI=1S/C17H16ClN3O2S/c1-4-13-14(9(2)23-21-13)16(22)20-17-19-15(10(3)24-17)11-6-5-7-12(18)8-11/h5-8H,4H2,1-3H3,(H,19,20,22). The van der Waals surface area contributed by atoms with E-state index in [2.05, 4.69) is 15.5 Å². The zero-order valence-corrected chi connectivity index (χ0v) is 15.1. The van der Waals surface area contributed by atoms with E-state index in [9.17, 15) is 4.79 Å². The maximum atomic E-state index is 12.5. The van der Waals surface area contributed by atoms with Crippen LogP contribution in [0.2, 0.25) is 5.02 Å². The van der Waals surface area contributed by atoms with Crippen molar-refractivity contribution in [3.63, 3.8) is 0 Å². The van der Waals surface area contributed by atoms with Crippen molar-refractivity contribution in [3.8, 4) is 11.3 Å². The molecule has 1 N–H and O–H groups in total. The Labute approximate surface area is 148 Å². The molecule has 0 atom stereocenters. The van der Waals surface area contributed by atoms with Crippen molar-refractivity contribution in [2.75, 3.05) is 5.32 Å². The fraction of sp³-hybridized carbons (Fsp3) is 0.235. The predicted octanol–water partition coefficient (Wildman–Crippen LogP) is 4.88. The second kappa shape index (κ2) is 6.75. The molecule has 124 valence electrons. The van der Waals surface area contributed by atoms with Crippen LogP contribution in [0.3, 0.4) is 0 Å². The molecule has 0 spiro atoms. The molecule has 0 bridgehead atoms. The third kappa shape index (κ3) is 3.20. The van der Waals surface area contributed by atoms with Crippen LogP contribution in [0.4, 0.5) is 5.13 Å². The molecule has 0 unspecified atom stereocenters. The van der Waals surface area contributed by atoms with Crippen molar-refractivity contribution < 1.29 is 9.32 Å². The minimum absolute atomic E-state index is 0.253. The Morgan fingerprint density at radius 2 is 2.17 bits per heavy atom. The summed E-state index contributed by atoms with van der Waals surface area (Å²) in [5, 5.41) is 7.94. The lowest BCUT2D eigenvalue weighted by Gasteiger charge is -2.01. The van der Waals surface area contributed by atoms with Gasteiger partial charge in [0.25, 0.3) is 5.91 Å². The third-order valence-corrected chi connectivity index (χ3v) is 4.73.